The minimum absolute atomic E-state index is 0.0802. The molecule has 1 fully saturated rings. The van der Waals surface area contributed by atoms with Crippen LogP contribution in [-0.4, -0.2) is 40.0 Å². The summed E-state index contributed by atoms with van der Waals surface area (Å²) in [6.07, 6.45) is 2.73. The van der Waals surface area contributed by atoms with Gasteiger partial charge in [-0.2, -0.15) is 0 Å². The number of aromatic nitrogens is 1. The fraction of sp³-hybridized carbons (Fsp3) is 0.500. The molecule has 1 unspecified atom stereocenters. The molecule has 0 spiro atoms. The number of amides is 1. The second-order valence-corrected chi connectivity index (χ2v) is 5.48. The summed E-state index contributed by atoms with van der Waals surface area (Å²) >= 11 is 0. The number of carbonyl (C=O) groups is 2. The van der Waals surface area contributed by atoms with E-state index in [4.69, 9.17) is 0 Å². The van der Waals surface area contributed by atoms with Crippen molar-refractivity contribution in [2.45, 2.75) is 20.3 Å². The SMILES string of the molecule is CC(C)C1(C(=O)O)CCN(C(=O)c2cncc(F)c2)C1. The van der Waals surface area contributed by atoms with E-state index in [1.165, 1.54) is 11.1 Å². The number of carboxylic acid groups (broad SMARTS) is 1. The van der Waals surface area contributed by atoms with Crippen LogP contribution in [-0.2, 0) is 4.79 Å². The molecular weight excluding hydrogens is 263 g/mol. The molecule has 108 valence electrons. The molecule has 1 saturated heterocycles. The lowest BCUT2D eigenvalue weighted by Gasteiger charge is -2.28. The first-order chi connectivity index (χ1) is 9.36. The molecule has 5 nitrogen and oxygen atoms in total. The maximum absolute atomic E-state index is 13.1. The van der Waals surface area contributed by atoms with Gasteiger partial charge in [-0.3, -0.25) is 14.6 Å². The Hall–Kier alpha value is -1.98. The summed E-state index contributed by atoms with van der Waals surface area (Å²) in [5.74, 6) is -1.92. The van der Waals surface area contributed by atoms with E-state index < -0.39 is 17.2 Å². The topological polar surface area (TPSA) is 70.5 Å². The Morgan fingerprint density at radius 3 is 2.65 bits per heavy atom. The van der Waals surface area contributed by atoms with Gasteiger partial charge in [0.05, 0.1) is 17.2 Å². The second kappa shape index (κ2) is 5.19. The van der Waals surface area contributed by atoms with E-state index in [0.29, 0.717) is 13.0 Å². The standard InChI is InChI=1S/C14H17FN2O3/c1-9(2)14(13(19)20)3-4-17(8-14)12(18)10-5-11(15)7-16-6-10/h5-7,9H,3-4,8H2,1-2H3,(H,19,20). The molecule has 0 bridgehead atoms. The predicted octanol–water partition coefficient (Wildman–Crippen LogP) is 1.79. The first-order valence-electron chi connectivity index (χ1n) is 6.50. The van der Waals surface area contributed by atoms with Crippen molar-refractivity contribution in [1.82, 2.24) is 9.88 Å². The van der Waals surface area contributed by atoms with E-state index >= 15 is 0 Å². The fourth-order valence-corrected chi connectivity index (χ4v) is 2.61. The Balaban J connectivity index is 2.21. The van der Waals surface area contributed by atoms with E-state index in [0.717, 1.165) is 12.3 Å². The smallest absolute Gasteiger partial charge is 0.311 e. The van der Waals surface area contributed by atoms with Crippen LogP contribution >= 0.6 is 0 Å². The van der Waals surface area contributed by atoms with Gasteiger partial charge in [0.1, 0.15) is 5.82 Å². The van der Waals surface area contributed by atoms with Gasteiger partial charge in [-0.1, -0.05) is 13.8 Å². The lowest BCUT2D eigenvalue weighted by Crippen LogP contribution is -2.40. The summed E-state index contributed by atoms with van der Waals surface area (Å²) in [6, 6.07) is 1.12. The third-order valence-corrected chi connectivity index (χ3v) is 4.07. The largest absolute Gasteiger partial charge is 0.481 e. The van der Waals surface area contributed by atoms with E-state index in [-0.39, 0.29) is 23.9 Å². The third kappa shape index (κ3) is 2.37. The maximum Gasteiger partial charge on any atom is 0.311 e. The van der Waals surface area contributed by atoms with Gasteiger partial charge in [0.2, 0.25) is 0 Å². The van der Waals surface area contributed by atoms with Crippen LogP contribution < -0.4 is 0 Å². The minimum atomic E-state index is -0.920. The zero-order valence-electron chi connectivity index (χ0n) is 11.5. The van der Waals surface area contributed by atoms with E-state index in [2.05, 4.69) is 4.98 Å². The summed E-state index contributed by atoms with van der Waals surface area (Å²) in [5.41, 5.74) is -0.772. The number of nitrogens with zero attached hydrogens (tertiary/aromatic N) is 2. The van der Waals surface area contributed by atoms with Gasteiger partial charge in [-0.05, 0) is 18.4 Å². The van der Waals surface area contributed by atoms with Crippen molar-refractivity contribution in [3.8, 4) is 0 Å². The van der Waals surface area contributed by atoms with Crippen molar-refractivity contribution >= 4 is 11.9 Å². The predicted molar refractivity (Wildman–Crippen MR) is 69.6 cm³/mol. The lowest BCUT2D eigenvalue weighted by molar-refractivity contribution is -0.150. The van der Waals surface area contributed by atoms with Crippen LogP contribution in [0.15, 0.2) is 18.5 Å². The van der Waals surface area contributed by atoms with Crippen LogP contribution in [0.3, 0.4) is 0 Å². The molecule has 0 aliphatic carbocycles. The Labute approximate surface area is 116 Å². The highest BCUT2D eigenvalue weighted by atomic mass is 19.1. The maximum atomic E-state index is 13.1. The van der Waals surface area contributed by atoms with Gasteiger partial charge in [0, 0.05) is 19.3 Å². The number of hydrogen-bond donors (Lipinski definition) is 1. The zero-order chi connectivity index (χ0) is 14.9. The molecule has 0 saturated carbocycles. The molecule has 2 heterocycles. The molecule has 0 radical (unpaired) electrons. The molecule has 0 aromatic carbocycles. The number of pyridine rings is 1. The van der Waals surface area contributed by atoms with E-state index in [9.17, 15) is 19.1 Å². The summed E-state index contributed by atoms with van der Waals surface area (Å²) in [4.78, 5) is 28.9. The quantitative estimate of drug-likeness (QED) is 0.916. The van der Waals surface area contributed by atoms with Crippen LogP contribution in [0.1, 0.15) is 30.6 Å². The van der Waals surface area contributed by atoms with Crippen LogP contribution in [0.25, 0.3) is 0 Å². The number of likely N-dealkylation sites (tertiary alicyclic amines) is 1. The normalized spacial score (nSPS) is 22.3. The molecule has 1 aliphatic rings. The molecule has 1 aromatic rings. The van der Waals surface area contributed by atoms with Crippen molar-refractivity contribution in [3.63, 3.8) is 0 Å². The fourth-order valence-electron chi connectivity index (χ4n) is 2.61. The molecular formula is C14H17FN2O3. The van der Waals surface area contributed by atoms with Gasteiger partial charge in [-0.25, -0.2) is 4.39 Å². The Kier molecular flexibility index (Phi) is 3.74. The van der Waals surface area contributed by atoms with Crippen LogP contribution in [0.5, 0.6) is 0 Å². The first kappa shape index (κ1) is 14.4. The average Bonchev–Trinajstić information content (AvgIpc) is 2.84. The van der Waals surface area contributed by atoms with Gasteiger partial charge < -0.3 is 10.0 Å². The molecule has 1 amide bonds. The number of carbonyl (C=O) groups excluding carboxylic acids is 1. The van der Waals surface area contributed by atoms with Gasteiger partial charge in [-0.15, -0.1) is 0 Å². The van der Waals surface area contributed by atoms with Gasteiger partial charge in [0.15, 0.2) is 0 Å². The Bertz CT molecular complexity index is 547. The second-order valence-electron chi connectivity index (χ2n) is 5.48. The molecule has 1 atom stereocenters. The first-order valence-corrected chi connectivity index (χ1v) is 6.50. The van der Waals surface area contributed by atoms with Gasteiger partial charge in [0.25, 0.3) is 5.91 Å². The van der Waals surface area contributed by atoms with Crippen molar-refractivity contribution in [2.24, 2.45) is 11.3 Å². The molecule has 6 heteroatoms. The van der Waals surface area contributed by atoms with Gasteiger partial charge >= 0.3 is 5.97 Å². The van der Waals surface area contributed by atoms with Crippen LogP contribution in [0, 0.1) is 17.2 Å². The van der Waals surface area contributed by atoms with Crippen LogP contribution in [0.4, 0.5) is 4.39 Å². The van der Waals surface area contributed by atoms with E-state index in [1.807, 2.05) is 13.8 Å². The highest BCUT2D eigenvalue weighted by molar-refractivity contribution is 5.94. The minimum Gasteiger partial charge on any atom is -0.481 e. The van der Waals surface area contributed by atoms with Crippen LogP contribution in [0.2, 0.25) is 0 Å². The third-order valence-electron chi connectivity index (χ3n) is 4.07. The summed E-state index contributed by atoms with van der Waals surface area (Å²) in [7, 11) is 0. The summed E-state index contributed by atoms with van der Waals surface area (Å²) < 4.78 is 13.1. The molecule has 1 aromatic heterocycles. The molecule has 2 rings (SSSR count). The van der Waals surface area contributed by atoms with Crippen molar-refractivity contribution in [1.29, 1.82) is 0 Å². The Morgan fingerprint density at radius 1 is 1.45 bits per heavy atom. The molecule has 1 aliphatic heterocycles. The highest BCUT2D eigenvalue weighted by Crippen LogP contribution is 2.38. The lowest BCUT2D eigenvalue weighted by atomic mass is 9.76. The van der Waals surface area contributed by atoms with Crippen molar-refractivity contribution < 1.29 is 19.1 Å². The van der Waals surface area contributed by atoms with Crippen molar-refractivity contribution in [2.75, 3.05) is 13.1 Å². The molecule has 1 N–H and O–H groups in total. The zero-order valence-corrected chi connectivity index (χ0v) is 11.5. The number of halogens is 1. The Morgan fingerprint density at radius 2 is 2.15 bits per heavy atom. The number of carboxylic acids is 1. The number of aliphatic carboxylic acids is 1. The summed E-state index contributed by atoms with van der Waals surface area (Å²) in [6.45, 7) is 4.19. The average molecular weight is 280 g/mol. The highest BCUT2D eigenvalue weighted by Gasteiger charge is 2.48. The molecule has 20 heavy (non-hydrogen) atoms. The van der Waals surface area contributed by atoms with E-state index in [1.54, 1.807) is 0 Å². The van der Waals surface area contributed by atoms with Crippen molar-refractivity contribution in [3.05, 3.63) is 29.8 Å². The number of rotatable bonds is 3. The monoisotopic (exact) mass is 280 g/mol. The number of hydrogen-bond acceptors (Lipinski definition) is 3. The summed E-state index contributed by atoms with van der Waals surface area (Å²) in [5, 5.41) is 9.44.